The minimum Gasteiger partial charge on any atom is -0.313 e. The van der Waals surface area contributed by atoms with E-state index in [1.807, 2.05) is 0 Å². The van der Waals surface area contributed by atoms with Crippen molar-refractivity contribution in [2.75, 3.05) is 26.2 Å². The van der Waals surface area contributed by atoms with Crippen molar-refractivity contribution < 1.29 is 0 Å². The standard InChI is InChI=1S/C16H32N2/c1-4-9-16(3,12-17-15-7-8-15)13-18-10-5-6-14(2)11-18/h14-15,17H,4-13H2,1-3H3. The second kappa shape index (κ2) is 6.38. The van der Waals surface area contributed by atoms with Crippen LogP contribution in [0.2, 0.25) is 0 Å². The van der Waals surface area contributed by atoms with Crippen LogP contribution in [0.25, 0.3) is 0 Å². The van der Waals surface area contributed by atoms with E-state index in [1.54, 1.807) is 0 Å². The molecule has 1 N–H and O–H groups in total. The van der Waals surface area contributed by atoms with Gasteiger partial charge >= 0.3 is 0 Å². The average molecular weight is 252 g/mol. The largest absolute Gasteiger partial charge is 0.313 e. The molecular weight excluding hydrogens is 220 g/mol. The minimum atomic E-state index is 0.481. The molecule has 2 fully saturated rings. The molecule has 2 atom stereocenters. The number of piperidine rings is 1. The Kier molecular flexibility index (Phi) is 5.08. The fourth-order valence-corrected chi connectivity index (χ4v) is 3.48. The maximum atomic E-state index is 3.76. The van der Waals surface area contributed by atoms with Crippen LogP contribution < -0.4 is 5.32 Å². The molecule has 18 heavy (non-hydrogen) atoms. The molecule has 0 bridgehead atoms. The van der Waals surface area contributed by atoms with E-state index in [0.717, 1.165) is 12.0 Å². The van der Waals surface area contributed by atoms with Gasteiger partial charge in [-0.2, -0.15) is 0 Å². The lowest BCUT2D eigenvalue weighted by Gasteiger charge is -2.39. The van der Waals surface area contributed by atoms with Crippen LogP contribution in [0.3, 0.4) is 0 Å². The highest BCUT2D eigenvalue weighted by atomic mass is 15.1. The highest BCUT2D eigenvalue weighted by Gasteiger charge is 2.30. The third-order valence-electron chi connectivity index (χ3n) is 4.59. The summed E-state index contributed by atoms with van der Waals surface area (Å²) in [5.74, 6) is 0.904. The van der Waals surface area contributed by atoms with Crippen molar-refractivity contribution >= 4 is 0 Å². The Morgan fingerprint density at radius 1 is 1.28 bits per heavy atom. The number of hydrogen-bond donors (Lipinski definition) is 1. The Balaban J connectivity index is 1.82. The van der Waals surface area contributed by atoms with Gasteiger partial charge in [0, 0.05) is 25.7 Å². The van der Waals surface area contributed by atoms with Crippen molar-refractivity contribution in [3.63, 3.8) is 0 Å². The quantitative estimate of drug-likeness (QED) is 0.748. The molecule has 0 amide bonds. The summed E-state index contributed by atoms with van der Waals surface area (Å²) in [6.45, 7) is 12.4. The van der Waals surface area contributed by atoms with Crippen LogP contribution in [0, 0.1) is 11.3 Å². The summed E-state index contributed by atoms with van der Waals surface area (Å²) >= 11 is 0. The van der Waals surface area contributed by atoms with E-state index in [1.165, 1.54) is 64.7 Å². The van der Waals surface area contributed by atoms with E-state index in [0.29, 0.717) is 5.41 Å². The molecule has 0 spiro atoms. The molecule has 1 heterocycles. The van der Waals surface area contributed by atoms with Crippen molar-refractivity contribution in [1.29, 1.82) is 0 Å². The van der Waals surface area contributed by atoms with E-state index < -0.39 is 0 Å². The third-order valence-corrected chi connectivity index (χ3v) is 4.59. The summed E-state index contributed by atoms with van der Waals surface area (Å²) in [5.41, 5.74) is 0.481. The molecule has 2 rings (SSSR count). The number of nitrogens with one attached hydrogen (secondary N) is 1. The van der Waals surface area contributed by atoms with Gasteiger partial charge in [0.05, 0.1) is 0 Å². The molecule has 0 aromatic rings. The molecule has 2 nitrogen and oxygen atoms in total. The van der Waals surface area contributed by atoms with E-state index >= 15 is 0 Å². The third kappa shape index (κ3) is 4.55. The summed E-state index contributed by atoms with van der Waals surface area (Å²) in [7, 11) is 0. The normalized spacial score (nSPS) is 29.2. The number of likely N-dealkylation sites (tertiary alicyclic amines) is 1. The second-order valence-electron chi connectivity index (χ2n) is 7.20. The average Bonchev–Trinajstić information content (AvgIpc) is 3.10. The predicted octanol–water partition coefficient (Wildman–Crippen LogP) is 3.28. The van der Waals surface area contributed by atoms with Crippen molar-refractivity contribution in [2.24, 2.45) is 11.3 Å². The zero-order valence-corrected chi connectivity index (χ0v) is 12.7. The fourth-order valence-electron chi connectivity index (χ4n) is 3.48. The molecular formula is C16H32N2. The molecule has 1 aliphatic heterocycles. The highest BCUT2D eigenvalue weighted by Crippen LogP contribution is 2.28. The maximum Gasteiger partial charge on any atom is 0.00684 e. The van der Waals surface area contributed by atoms with Crippen molar-refractivity contribution in [3.05, 3.63) is 0 Å². The van der Waals surface area contributed by atoms with Gasteiger partial charge in [0.15, 0.2) is 0 Å². The van der Waals surface area contributed by atoms with Gasteiger partial charge in [-0.05, 0) is 50.0 Å². The number of hydrogen-bond acceptors (Lipinski definition) is 2. The summed E-state index contributed by atoms with van der Waals surface area (Å²) < 4.78 is 0. The Labute approximate surface area is 114 Å². The smallest absolute Gasteiger partial charge is 0.00684 e. The number of nitrogens with zero attached hydrogens (tertiary/aromatic N) is 1. The Bertz CT molecular complexity index is 249. The number of rotatable bonds is 7. The summed E-state index contributed by atoms with van der Waals surface area (Å²) in [5, 5.41) is 3.76. The summed E-state index contributed by atoms with van der Waals surface area (Å²) in [6, 6.07) is 0.849. The van der Waals surface area contributed by atoms with E-state index in [4.69, 9.17) is 0 Å². The van der Waals surface area contributed by atoms with Crippen LogP contribution in [-0.2, 0) is 0 Å². The van der Waals surface area contributed by atoms with Crippen LogP contribution >= 0.6 is 0 Å². The van der Waals surface area contributed by atoms with Crippen molar-refractivity contribution in [3.8, 4) is 0 Å². The Morgan fingerprint density at radius 2 is 2.06 bits per heavy atom. The zero-order chi connectivity index (χ0) is 13.0. The first-order valence-electron chi connectivity index (χ1n) is 8.07. The first-order chi connectivity index (χ1) is 8.61. The molecule has 2 heteroatoms. The first kappa shape index (κ1) is 14.3. The Morgan fingerprint density at radius 3 is 2.67 bits per heavy atom. The lowest BCUT2D eigenvalue weighted by molar-refractivity contribution is 0.108. The molecule has 0 aromatic carbocycles. The highest BCUT2D eigenvalue weighted by molar-refractivity contribution is 4.88. The monoisotopic (exact) mass is 252 g/mol. The molecule has 106 valence electrons. The van der Waals surface area contributed by atoms with Gasteiger partial charge in [-0.3, -0.25) is 0 Å². The SMILES string of the molecule is CCCC(C)(CNC1CC1)CN1CCCC(C)C1. The van der Waals surface area contributed by atoms with Crippen LogP contribution in [0.4, 0.5) is 0 Å². The topological polar surface area (TPSA) is 15.3 Å². The molecule has 1 saturated carbocycles. The molecule has 0 radical (unpaired) electrons. The van der Waals surface area contributed by atoms with Crippen LogP contribution in [0.1, 0.15) is 59.3 Å². The lowest BCUT2D eigenvalue weighted by Crippen LogP contribution is -2.46. The van der Waals surface area contributed by atoms with E-state index in [2.05, 4.69) is 31.0 Å². The summed E-state index contributed by atoms with van der Waals surface area (Å²) in [6.07, 6.45) is 8.32. The summed E-state index contributed by atoms with van der Waals surface area (Å²) in [4.78, 5) is 2.72. The fraction of sp³-hybridized carbons (Fsp3) is 1.00. The molecule has 2 unspecified atom stereocenters. The Hall–Kier alpha value is -0.0800. The second-order valence-corrected chi connectivity index (χ2v) is 7.20. The molecule has 0 aromatic heterocycles. The van der Waals surface area contributed by atoms with E-state index in [9.17, 15) is 0 Å². The molecule has 1 saturated heterocycles. The van der Waals surface area contributed by atoms with Gasteiger partial charge in [-0.25, -0.2) is 0 Å². The van der Waals surface area contributed by atoms with Crippen molar-refractivity contribution in [2.45, 2.75) is 65.3 Å². The van der Waals surface area contributed by atoms with Gasteiger partial charge in [0.25, 0.3) is 0 Å². The van der Waals surface area contributed by atoms with Gasteiger partial charge in [0.2, 0.25) is 0 Å². The van der Waals surface area contributed by atoms with Crippen molar-refractivity contribution in [1.82, 2.24) is 10.2 Å². The minimum absolute atomic E-state index is 0.481. The van der Waals surface area contributed by atoms with Gasteiger partial charge < -0.3 is 10.2 Å². The van der Waals surface area contributed by atoms with E-state index in [-0.39, 0.29) is 0 Å². The lowest BCUT2D eigenvalue weighted by atomic mass is 9.83. The molecule has 2 aliphatic rings. The maximum absolute atomic E-state index is 3.76. The van der Waals surface area contributed by atoms with Gasteiger partial charge in [-0.1, -0.05) is 27.2 Å². The van der Waals surface area contributed by atoms with Crippen LogP contribution in [0.5, 0.6) is 0 Å². The first-order valence-corrected chi connectivity index (χ1v) is 8.07. The molecule has 1 aliphatic carbocycles. The zero-order valence-electron chi connectivity index (χ0n) is 12.7. The van der Waals surface area contributed by atoms with Gasteiger partial charge in [-0.15, -0.1) is 0 Å². The predicted molar refractivity (Wildman–Crippen MR) is 78.9 cm³/mol. The van der Waals surface area contributed by atoms with Crippen LogP contribution in [0.15, 0.2) is 0 Å². The van der Waals surface area contributed by atoms with Gasteiger partial charge in [0.1, 0.15) is 0 Å². The van der Waals surface area contributed by atoms with Crippen LogP contribution in [-0.4, -0.2) is 37.1 Å².